The summed E-state index contributed by atoms with van der Waals surface area (Å²) in [6.07, 6.45) is 3.86. The van der Waals surface area contributed by atoms with Crippen LogP contribution in [0.15, 0.2) is 79.0 Å². The summed E-state index contributed by atoms with van der Waals surface area (Å²) in [5.74, 6) is 0.905. The molecule has 0 aliphatic heterocycles. The second kappa shape index (κ2) is 6.25. The Bertz CT molecular complexity index is 1100. The summed E-state index contributed by atoms with van der Waals surface area (Å²) in [6, 6.07) is 24.5. The predicted molar refractivity (Wildman–Crippen MR) is 107 cm³/mol. The molecule has 4 nitrogen and oxygen atoms in total. The van der Waals surface area contributed by atoms with Gasteiger partial charge in [0.15, 0.2) is 11.5 Å². The second-order valence-electron chi connectivity index (χ2n) is 7.21. The fourth-order valence-corrected chi connectivity index (χ4v) is 3.95. The summed E-state index contributed by atoms with van der Waals surface area (Å²) in [5.41, 5.74) is 10.4. The molecular formula is C23H20N4. The van der Waals surface area contributed by atoms with Crippen LogP contribution in [0.3, 0.4) is 0 Å². The normalized spacial score (nSPS) is 21.7. The van der Waals surface area contributed by atoms with Crippen LogP contribution in [0.2, 0.25) is 0 Å². The lowest BCUT2D eigenvalue weighted by Gasteiger charge is -2.47. The lowest BCUT2D eigenvalue weighted by molar-refractivity contribution is 0.194. The van der Waals surface area contributed by atoms with Gasteiger partial charge in [-0.1, -0.05) is 60.7 Å². The minimum atomic E-state index is -0.350. The van der Waals surface area contributed by atoms with E-state index in [9.17, 15) is 0 Å². The number of aromatic nitrogens is 3. The largest absolute Gasteiger partial charge is 0.321 e. The smallest absolute Gasteiger partial charge is 0.163 e. The molecule has 1 fully saturated rings. The molecule has 1 aliphatic rings. The Morgan fingerprint density at radius 3 is 2.30 bits per heavy atom. The van der Waals surface area contributed by atoms with E-state index in [0.29, 0.717) is 5.82 Å². The van der Waals surface area contributed by atoms with Gasteiger partial charge >= 0.3 is 0 Å². The van der Waals surface area contributed by atoms with E-state index in [1.165, 1.54) is 5.56 Å². The lowest BCUT2D eigenvalue weighted by Crippen LogP contribution is -2.50. The first-order valence-electron chi connectivity index (χ1n) is 9.27. The molecule has 4 aromatic rings. The Morgan fingerprint density at radius 2 is 1.59 bits per heavy atom. The third kappa shape index (κ3) is 2.69. The van der Waals surface area contributed by atoms with E-state index in [4.69, 9.17) is 15.7 Å². The molecule has 2 atom stereocenters. The molecule has 132 valence electrons. The quantitative estimate of drug-likeness (QED) is 0.593. The Balaban J connectivity index is 1.54. The van der Waals surface area contributed by atoms with Crippen molar-refractivity contribution in [2.45, 2.75) is 24.3 Å². The highest BCUT2D eigenvalue weighted by atomic mass is 15.0. The highest BCUT2D eigenvalue weighted by Gasteiger charge is 2.46. The molecule has 0 amide bonds. The van der Waals surface area contributed by atoms with Crippen molar-refractivity contribution < 1.29 is 0 Å². The van der Waals surface area contributed by atoms with Gasteiger partial charge in [0.2, 0.25) is 0 Å². The van der Waals surface area contributed by atoms with E-state index in [1.807, 2.05) is 54.7 Å². The SMILES string of the molecule is NC1(c2ccccc2)CCC1c1ccc2cnc(-c3ccccc3)nc2n1. The van der Waals surface area contributed by atoms with Gasteiger partial charge in [-0.2, -0.15) is 0 Å². The van der Waals surface area contributed by atoms with Crippen LogP contribution in [0.25, 0.3) is 22.4 Å². The lowest BCUT2D eigenvalue weighted by atomic mass is 9.62. The highest BCUT2D eigenvalue weighted by molar-refractivity contribution is 5.76. The number of rotatable bonds is 3. The van der Waals surface area contributed by atoms with Crippen molar-refractivity contribution in [2.75, 3.05) is 0 Å². The fourth-order valence-electron chi connectivity index (χ4n) is 3.95. The van der Waals surface area contributed by atoms with Crippen molar-refractivity contribution in [3.8, 4) is 11.4 Å². The Morgan fingerprint density at radius 1 is 0.852 bits per heavy atom. The zero-order valence-electron chi connectivity index (χ0n) is 14.9. The van der Waals surface area contributed by atoms with Crippen LogP contribution in [0.4, 0.5) is 0 Å². The summed E-state index contributed by atoms with van der Waals surface area (Å²) in [5, 5.41) is 0.945. The van der Waals surface area contributed by atoms with Crippen molar-refractivity contribution in [3.05, 3.63) is 90.3 Å². The van der Waals surface area contributed by atoms with Crippen LogP contribution in [-0.2, 0) is 5.54 Å². The minimum absolute atomic E-state index is 0.208. The molecule has 2 aromatic carbocycles. The third-order valence-electron chi connectivity index (χ3n) is 5.63. The van der Waals surface area contributed by atoms with Gasteiger partial charge in [0.05, 0.1) is 0 Å². The maximum atomic E-state index is 6.79. The molecule has 2 aromatic heterocycles. The number of hydrogen-bond acceptors (Lipinski definition) is 4. The van der Waals surface area contributed by atoms with Gasteiger partial charge in [-0.05, 0) is 30.5 Å². The second-order valence-corrected chi connectivity index (χ2v) is 7.21. The summed E-state index contributed by atoms with van der Waals surface area (Å²) >= 11 is 0. The molecule has 2 unspecified atom stereocenters. The zero-order valence-corrected chi connectivity index (χ0v) is 14.9. The number of hydrogen-bond donors (Lipinski definition) is 1. The first-order chi connectivity index (χ1) is 13.2. The van der Waals surface area contributed by atoms with Crippen molar-refractivity contribution in [1.82, 2.24) is 15.0 Å². The summed E-state index contributed by atoms with van der Waals surface area (Å²) in [6.45, 7) is 0. The molecule has 0 radical (unpaired) electrons. The van der Waals surface area contributed by atoms with Gasteiger partial charge < -0.3 is 5.73 Å². The van der Waals surface area contributed by atoms with Crippen molar-refractivity contribution in [2.24, 2.45) is 5.73 Å². The van der Waals surface area contributed by atoms with Gasteiger partial charge in [0, 0.05) is 34.3 Å². The number of fused-ring (bicyclic) bond motifs is 1. The highest BCUT2D eigenvalue weighted by Crippen LogP contribution is 2.50. The van der Waals surface area contributed by atoms with E-state index in [-0.39, 0.29) is 11.5 Å². The van der Waals surface area contributed by atoms with Crippen LogP contribution < -0.4 is 5.73 Å². The predicted octanol–water partition coefficient (Wildman–Crippen LogP) is 4.42. The minimum Gasteiger partial charge on any atom is -0.321 e. The summed E-state index contributed by atoms with van der Waals surface area (Å²) in [4.78, 5) is 14.1. The molecule has 5 rings (SSSR count). The van der Waals surface area contributed by atoms with Crippen molar-refractivity contribution in [1.29, 1.82) is 0 Å². The summed E-state index contributed by atoms with van der Waals surface area (Å²) in [7, 11) is 0. The molecule has 1 saturated carbocycles. The van der Waals surface area contributed by atoms with Gasteiger partial charge in [-0.15, -0.1) is 0 Å². The van der Waals surface area contributed by atoms with Crippen LogP contribution in [-0.4, -0.2) is 15.0 Å². The Hall–Kier alpha value is -3.11. The van der Waals surface area contributed by atoms with Crippen LogP contribution in [0, 0.1) is 0 Å². The Kier molecular flexibility index (Phi) is 3.73. The molecule has 0 bridgehead atoms. The number of nitrogens with two attached hydrogens (primary N) is 1. The first kappa shape index (κ1) is 16.1. The molecule has 2 heterocycles. The van der Waals surface area contributed by atoms with Crippen molar-refractivity contribution in [3.63, 3.8) is 0 Å². The average Bonchev–Trinajstić information content (AvgIpc) is 2.73. The van der Waals surface area contributed by atoms with Crippen LogP contribution in [0.1, 0.15) is 30.0 Å². The molecule has 27 heavy (non-hydrogen) atoms. The molecule has 0 saturated heterocycles. The topological polar surface area (TPSA) is 64.7 Å². The van der Waals surface area contributed by atoms with E-state index in [2.05, 4.69) is 29.2 Å². The van der Waals surface area contributed by atoms with Gasteiger partial charge in [-0.25, -0.2) is 15.0 Å². The zero-order chi connectivity index (χ0) is 18.3. The molecule has 2 N–H and O–H groups in total. The third-order valence-corrected chi connectivity index (χ3v) is 5.63. The van der Waals surface area contributed by atoms with E-state index >= 15 is 0 Å². The van der Waals surface area contributed by atoms with E-state index in [0.717, 1.165) is 35.1 Å². The van der Waals surface area contributed by atoms with Crippen molar-refractivity contribution >= 4 is 11.0 Å². The molecule has 4 heteroatoms. The molecule has 0 spiro atoms. The van der Waals surface area contributed by atoms with Gasteiger partial charge in [-0.3, -0.25) is 0 Å². The molecular weight excluding hydrogens is 332 g/mol. The first-order valence-corrected chi connectivity index (χ1v) is 9.27. The average molecular weight is 352 g/mol. The monoisotopic (exact) mass is 352 g/mol. The number of pyridine rings is 1. The standard InChI is InChI=1S/C23H20N4/c24-23(18-9-5-2-6-10-18)14-13-19(23)20-12-11-17-15-25-21(27-22(17)26-20)16-7-3-1-4-8-16/h1-12,15,19H,13-14,24H2. The number of nitrogens with zero attached hydrogens (tertiary/aromatic N) is 3. The maximum absolute atomic E-state index is 6.79. The fraction of sp³-hybridized carbons (Fsp3) is 0.174. The summed E-state index contributed by atoms with van der Waals surface area (Å²) < 4.78 is 0. The van der Waals surface area contributed by atoms with E-state index < -0.39 is 0 Å². The van der Waals surface area contributed by atoms with Gasteiger partial charge in [0.1, 0.15) is 0 Å². The Labute approximate surface area is 158 Å². The van der Waals surface area contributed by atoms with Crippen LogP contribution in [0.5, 0.6) is 0 Å². The number of benzene rings is 2. The van der Waals surface area contributed by atoms with E-state index in [1.54, 1.807) is 0 Å². The maximum Gasteiger partial charge on any atom is 0.163 e. The van der Waals surface area contributed by atoms with Crippen LogP contribution >= 0.6 is 0 Å². The molecule has 1 aliphatic carbocycles. The van der Waals surface area contributed by atoms with Gasteiger partial charge in [0.25, 0.3) is 0 Å².